The zero-order valence-electron chi connectivity index (χ0n) is 9.33. The van der Waals surface area contributed by atoms with Gasteiger partial charge in [-0.1, -0.05) is 18.5 Å². The topological polar surface area (TPSA) is 46.2 Å². The van der Waals surface area contributed by atoms with Gasteiger partial charge in [-0.05, 0) is 40.8 Å². The van der Waals surface area contributed by atoms with E-state index in [0.29, 0.717) is 28.6 Å². The van der Waals surface area contributed by atoms with Gasteiger partial charge in [-0.15, -0.1) is 0 Å². The summed E-state index contributed by atoms with van der Waals surface area (Å²) in [4.78, 5) is 11.7. The highest BCUT2D eigenvalue weighted by Gasteiger charge is 2.07. The molecule has 3 nitrogen and oxygen atoms in total. The van der Waals surface area contributed by atoms with Gasteiger partial charge in [0.2, 0.25) is 0 Å². The summed E-state index contributed by atoms with van der Waals surface area (Å²) < 4.78 is 12.1. The van der Waals surface area contributed by atoms with Gasteiger partial charge in [-0.2, -0.15) is 0 Å². The molecule has 0 aliphatic heterocycles. The Balaban J connectivity index is 2.52. The van der Waals surface area contributed by atoms with E-state index in [1.807, 2.05) is 6.92 Å². The molecule has 6 heteroatoms. The second-order valence-electron chi connectivity index (χ2n) is 3.32. The molecular formula is C11H13ClINO2S. The Kier molecular flexibility index (Phi) is 6.43. The van der Waals surface area contributed by atoms with Crippen LogP contribution in [0.5, 0.6) is 0 Å². The summed E-state index contributed by atoms with van der Waals surface area (Å²) in [5, 5.41) is 3.28. The van der Waals surface area contributed by atoms with E-state index in [1.165, 1.54) is 0 Å². The van der Waals surface area contributed by atoms with Crippen LogP contribution in [0, 0.1) is 3.57 Å². The predicted octanol–water partition coefficient (Wildman–Crippen LogP) is 2.44. The van der Waals surface area contributed by atoms with Gasteiger partial charge in [0, 0.05) is 38.0 Å². The number of halogens is 2. The van der Waals surface area contributed by atoms with Gasteiger partial charge in [0.15, 0.2) is 0 Å². The zero-order valence-corrected chi connectivity index (χ0v) is 13.1. The first-order valence-electron chi connectivity index (χ1n) is 5.12. The molecule has 1 amide bonds. The zero-order chi connectivity index (χ0) is 12.8. The molecule has 0 heterocycles. The maximum Gasteiger partial charge on any atom is 0.251 e. The minimum atomic E-state index is -0.850. The molecule has 0 spiro atoms. The molecule has 0 radical (unpaired) electrons. The van der Waals surface area contributed by atoms with Crippen molar-refractivity contribution in [2.75, 3.05) is 18.1 Å². The van der Waals surface area contributed by atoms with E-state index in [1.54, 1.807) is 18.2 Å². The third-order valence-electron chi connectivity index (χ3n) is 2.12. The Bertz CT molecular complexity index is 439. The second-order valence-corrected chi connectivity index (χ2v) is 6.75. The van der Waals surface area contributed by atoms with E-state index >= 15 is 0 Å². The van der Waals surface area contributed by atoms with Crippen molar-refractivity contribution in [3.63, 3.8) is 0 Å². The number of rotatable bonds is 5. The molecule has 1 N–H and O–H groups in total. The third-order valence-corrected chi connectivity index (χ3v) is 4.99. The van der Waals surface area contributed by atoms with Crippen molar-refractivity contribution in [1.29, 1.82) is 0 Å². The monoisotopic (exact) mass is 385 g/mol. The first-order chi connectivity index (χ1) is 8.04. The van der Waals surface area contributed by atoms with Gasteiger partial charge in [0.1, 0.15) is 0 Å². The number of carbonyl (C=O) groups excluding carboxylic acids is 1. The summed E-state index contributed by atoms with van der Waals surface area (Å²) in [5.74, 6) is 0.919. The molecule has 94 valence electrons. The summed E-state index contributed by atoms with van der Waals surface area (Å²) in [7, 11) is -0.850. The van der Waals surface area contributed by atoms with Gasteiger partial charge >= 0.3 is 0 Å². The van der Waals surface area contributed by atoms with Crippen LogP contribution < -0.4 is 5.32 Å². The predicted molar refractivity (Wildman–Crippen MR) is 80.1 cm³/mol. The highest BCUT2D eigenvalue weighted by molar-refractivity contribution is 14.1. The lowest BCUT2D eigenvalue weighted by atomic mass is 10.2. The average Bonchev–Trinajstić information content (AvgIpc) is 2.32. The molecule has 0 saturated heterocycles. The van der Waals surface area contributed by atoms with Crippen molar-refractivity contribution in [1.82, 2.24) is 5.32 Å². The fourth-order valence-corrected chi connectivity index (χ4v) is 2.30. The number of benzene rings is 1. The number of nitrogens with one attached hydrogen (secondary N) is 1. The molecule has 1 aromatic rings. The fourth-order valence-electron chi connectivity index (χ4n) is 1.16. The standard InChI is InChI=1S/C11H13ClINO2S/c1-2-17(16)6-5-14-11(15)8-3-4-10(13)9(12)7-8/h3-4,7H,2,5-6H2,1H3,(H,14,15). The molecular weight excluding hydrogens is 373 g/mol. The number of carbonyl (C=O) groups is 1. The maximum absolute atomic E-state index is 11.7. The summed E-state index contributed by atoms with van der Waals surface area (Å²) >= 11 is 8.03. The van der Waals surface area contributed by atoms with Crippen molar-refractivity contribution in [2.24, 2.45) is 0 Å². The third kappa shape index (κ3) is 4.93. The van der Waals surface area contributed by atoms with E-state index in [0.717, 1.165) is 3.57 Å². The first kappa shape index (κ1) is 14.9. The van der Waals surface area contributed by atoms with Gasteiger partial charge < -0.3 is 5.32 Å². The normalized spacial score (nSPS) is 12.2. The van der Waals surface area contributed by atoms with Gasteiger partial charge in [0.25, 0.3) is 5.91 Å². The Morgan fingerprint density at radius 3 is 2.82 bits per heavy atom. The molecule has 17 heavy (non-hydrogen) atoms. The first-order valence-corrected chi connectivity index (χ1v) is 8.07. The van der Waals surface area contributed by atoms with E-state index in [9.17, 15) is 9.00 Å². The van der Waals surface area contributed by atoms with Crippen LogP contribution in [-0.2, 0) is 10.8 Å². The lowest BCUT2D eigenvalue weighted by molar-refractivity contribution is 0.0956. The SMILES string of the molecule is CCS(=O)CCNC(=O)c1ccc(I)c(Cl)c1. The van der Waals surface area contributed by atoms with Crippen molar-refractivity contribution in [2.45, 2.75) is 6.92 Å². The smallest absolute Gasteiger partial charge is 0.251 e. The van der Waals surface area contributed by atoms with E-state index < -0.39 is 10.8 Å². The average molecular weight is 386 g/mol. The number of amides is 1. The van der Waals surface area contributed by atoms with Crippen LogP contribution in [0.15, 0.2) is 18.2 Å². The van der Waals surface area contributed by atoms with Crippen molar-refractivity contribution in [3.05, 3.63) is 32.4 Å². The molecule has 1 unspecified atom stereocenters. The van der Waals surface area contributed by atoms with Crippen LogP contribution in [0.3, 0.4) is 0 Å². The molecule has 0 aliphatic rings. The summed E-state index contributed by atoms with van der Waals surface area (Å²) in [6, 6.07) is 5.15. The maximum atomic E-state index is 11.7. The van der Waals surface area contributed by atoms with Crippen molar-refractivity contribution >= 4 is 50.9 Å². The highest BCUT2D eigenvalue weighted by Crippen LogP contribution is 2.19. The quantitative estimate of drug-likeness (QED) is 0.792. The van der Waals surface area contributed by atoms with Crippen molar-refractivity contribution < 1.29 is 9.00 Å². The highest BCUT2D eigenvalue weighted by atomic mass is 127. The van der Waals surface area contributed by atoms with Gasteiger partial charge in [0.05, 0.1) is 5.02 Å². The molecule has 0 bridgehead atoms. The van der Waals surface area contributed by atoms with Gasteiger partial charge in [-0.25, -0.2) is 0 Å². The Hall–Kier alpha value is -0.140. The van der Waals surface area contributed by atoms with Gasteiger partial charge in [-0.3, -0.25) is 9.00 Å². The van der Waals surface area contributed by atoms with Crippen LogP contribution in [0.1, 0.15) is 17.3 Å². The lowest BCUT2D eigenvalue weighted by Crippen LogP contribution is -2.28. The number of hydrogen-bond acceptors (Lipinski definition) is 2. The van der Waals surface area contributed by atoms with Crippen LogP contribution >= 0.6 is 34.2 Å². The van der Waals surface area contributed by atoms with Crippen molar-refractivity contribution in [3.8, 4) is 0 Å². The molecule has 1 atom stereocenters. The largest absolute Gasteiger partial charge is 0.351 e. The van der Waals surface area contributed by atoms with Crippen LogP contribution in [0.4, 0.5) is 0 Å². The van der Waals surface area contributed by atoms with E-state index in [-0.39, 0.29) is 5.91 Å². The Labute approximate surface area is 122 Å². The molecule has 1 rings (SSSR count). The molecule has 0 saturated carbocycles. The fraction of sp³-hybridized carbons (Fsp3) is 0.364. The number of hydrogen-bond donors (Lipinski definition) is 1. The van der Waals surface area contributed by atoms with E-state index in [4.69, 9.17) is 11.6 Å². The Morgan fingerprint density at radius 1 is 1.53 bits per heavy atom. The molecule has 0 fully saturated rings. The Morgan fingerprint density at radius 2 is 2.24 bits per heavy atom. The second kappa shape index (κ2) is 7.33. The lowest BCUT2D eigenvalue weighted by Gasteiger charge is -2.05. The summed E-state index contributed by atoms with van der Waals surface area (Å²) in [5.41, 5.74) is 0.526. The summed E-state index contributed by atoms with van der Waals surface area (Å²) in [6.45, 7) is 2.28. The van der Waals surface area contributed by atoms with Crippen LogP contribution in [0.25, 0.3) is 0 Å². The molecule has 0 aliphatic carbocycles. The van der Waals surface area contributed by atoms with Crippen LogP contribution in [0.2, 0.25) is 5.02 Å². The minimum absolute atomic E-state index is 0.184. The summed E-state index contributed by atoms with van der Waals surface area (Å²) in [6.07, 6.45) is 0. The van der Waals surface area contributed by atoms with Crippen LogP contribution in [-0.4, -0.2) is 28.2 Å². The minimum Gasteiger partial charge on any atom is -0.351 e. The molecule has 1 aromatic carbocycles. The molecule has 0 aromatic heterocycles. The van der Waals surface area contributed by atoms with E-state index in [2.05, 4.69) is 27.9 Å².